The quantitative estimate of drug-likeness (QED) is 0.405. The van der Waals surface area contributed by atoms with Gasteiger partial charge in [-0.1, -0.05) is 35.9 Å². The average Bonchev–Trinajstić information content (AvgIpc) is 3.15. The van der Waals surface area contributed by atoms with Crippen molar-refractivity contribution in [2.45, 2.75) is 13.5 Å². The van der Waals surface area contributed by atoms with Gasteiger partial charge in [0.2, 0.25) is 0 Å². The maximum Gasteiger partial charge on any atom is 0.173 e. The van der Waals surface area contributed by atoms with Gasteiger partial charge < -0.3 is 14.6 Å². The SMILES string of the molecule is Cc1cccc(Oc2cn[nH]c2-c2ccc(OCc3ccc(Cl)cc3)cc2O)c1. The molecule has 146 valence electrons. The second-order valence-corrected chi connectivity index (χ2v) is 7.06. The zero-order valence-corrected chi connectivity index (χ0v) is 16.5. The van der Waals surface area contributed by atoms with Crippen molar-refractivity contribution >= 4 is 11.6 Å². The van der Waals surface area contributed by atoms with E-state index in [4.69, 9.17) is 21.1 Å². The minimum absolute atomic E-state index is 0.0666. The lowest BCUT2D eigenvalue weighted by Crippen LogP contribution is -1.95. The van der Waals surface area contributed by atoms with Crippen molar-refractivity contribution in [1.29, 1.82) is 0 Å². The Hall–Kier alpha value is -3.44. The highest BCUT2D eigenvalue weighted by Crippen LogP contribution is 2.38. The lowest BCUT2D eigenvalue weighted by Gasteiger charge is -2.11. The van der Waals surface area contributed by atoms with E-state index in [2.05, 4.69) is 10.2 Å². The third kappa shape index (κ3) is 4.52. The largest absolute Gasteiger partial charge is 0.507 e. The van der Waals surface area contributed by atoms with Crippen LogP contribution in [0.25, 0.3) is 11.3 Å². The zero-order valence-electron chi connectivity index (χ0n) is 15.7. The molecule has 0 saturated carbocycles. The van der Waals surface area contributed by atoms with Crippen molar-refractivity contribution in [1.82, 2.24) is 10.2 Å². The molecule has 0 spiro atoms. The monoisotopic (exact) mass is 406 g/mol. The molecule has 4 rings (SSSR count). The number of hydrogen-bond acceptors (Lipinski definition) is 4. The Bertz CT molecular complexity index is 1120. The van der Waals surface area contributed by atoms with Crippen molar-refractivity contribution < 1.29 is 14.6 Å². The topological polar surface area (TPSA) is 67.4 Å². The van der Waals surface area contributed by atoms with Crippen molar-refractivity contribution in [2.24, 2.45) is 0 Å². The van der Waals surface area contributed by atoms with E-state index < -0.39 is 0 Å². The number of aromatic amines is 1. The third-order valence-corrected chi connectivity index (χ3v) is 4.63. The van der Waals surface area contributed by atoms with Crippen LogP contribution < -0.4 is 9.47 Å². The molecule has 5 nitrogen and oxygen atoms in total. The molecule has 0 fully saturated rings. The summed E-state index contributed by atoms with van der Waals surface area (Å²) in [7, 11) is 0. The van der Waals surface area contributed by atoms with Gasteiger partial charge in [0.05, 0.1) is 6.20 Å². The van der Waals surface area contributed by atoms with Gasteiger partial charge in [0.15, 0.2) is 5.75 Å². The number of nitrogens with one attached hydrogen (secondary N) is 1. The van der Waals surface area contributed by atoms with Gasteiger partial charge in [-0.2, -0.15) is 5.10 Å². The van der Waals surface area contributed by atoms with Crippen molar-refractivity contribution in [3.8, 4) is 34.3 Å². The van der Waals surface area contributed by atoms with E-state index in [0.717, 1.165) is 11.1 Å². The minimum Gasteiger partial charge on any atom is -0.507 e. The molecular weight excluding hydrogens is 388 g/mol. The van der Waals surface area contributed by atoms with Gasteiger partial charge in [0.1, 0.15) is 29.5 Å². The molecule has 2 N–H and O–H groups in total. The minimum atomic E-state index is 0.0666. The molecule has 0 radical (unpaired) electrons. The standard InChI is InChI=1S/C23H19ClN2O3/c1-15-3-2-4-19(11-15)29-22-13-25-26-23(22)20-10-9-18(12-21(20)27)28-14-16-5-7-17(24)8-6-16/h2-13,27H,14H2,1H3,(H,25,26). The first-order valence-electron chi connectivity index (χ1n) is 9.07. The molecule has 0 aliphatic heterocycles. The predicted octanol–water partition coefficient (Wildman–Crippen LogP) is 6.12. The molecule has 0 atom stereocenters. The molecule has 0 saturated heterocycles. The number of halogens is 1. The number of H-pyrrole nitrogens is 1. The van der Waals surface area contributed by atoms with Crippen molar-refractivity contribution in [3.05, 3.63) is 89.1 Å². The molecular formula is C23H19ClN2O3. The maximum absolute atomic E-state index is 10.5. The van der Waals surface area contributed by atoms with E-state index in [1.807, 2.05) is 55.5 Å². The molecule has 3 aromatic carbocycles. The van der Waals surface area contributed by atoms with Crippen LogP contribution in [0.3, 0.4) is 0 Å². The Balaban J connectivity index is 1.51. The van der Waals surface area contributed by atoms with Crippen molar-refractivity contribution in [2.75, 3.05) is 0 Å². The van der Waals surface area contributed by atoms with Gasteiger partial charge in [0.25, 0.3) is 0 Å². The summed E-state index contributed by atoms with van der Waals surface area (Å²) in [6, 6.07) is 20.3. The third-order valence-electron chi connectivity index (χ3n) is 4.38. The van der Waals surface area contributed by atoms with Crippen LogP contribution in [0.5, 0.6) is 23.0 Å². The number of phenols is 1. The molecule has 1 heterocycles. The van der Waals surface area contributed by atoms with Crippen LogP contribution in [0.2, 0.25) is 5.02 Å². The van der Waals surface area contributed by atoms with Crippen LogP contribution in [0.1, 0.15) is 11.1 Å². The fourth-order valence-corrected chi connectivity index (χ4v) is 3.04. The van der Waals surface area contributed by atoms with E-state index in [-0.39, 0.29) is 5.75 Å². The van der Waals surface area contributed by atoms with Gasteiger partial charge in [-0.05, 0) is 54.4 Å². The number of phenolic OH excluding ortho intramolecular Hbond substituents is 1. The molecule has 0 aliphatic rings. The van der Waals surface area contributed by atoms with E-state index in [1.165, 1.54) is 0 Å². The number of aryl methyl sites for hydroxylation is 1. The molecule has 0 unspecified atom stereocenters. The highest BCUT2D eigenvalue weighted by atomic mass is 35.5. The number of benzene rings is 3. The number of nitrogens with zero attached hydrogens (tertiary/aromatic N) is 1. The first-order valence-corrected chi connectivity index (χ1v) is 9.45. The van der Waals surface area contributed by atoms with Gasteiger partial charge in [-0.15, -0.1) is 0 Å². The normalized spacial score (nSPS) is 10.7. The van der Waals surface area contributed by atoms with Crippen LogP contribution in [-0.2, 0) is 6.61 Å². The van der Waals surface area contributed by atoms with Gasteiger partial charge in [0, 0.05) is 16.7 Å². The molecule has 29 heavy (non-hydrogen) atoms. The Morgan fingerprint density at radius 1 is 1.00 bits per heavy atom. The Morgan fingerprint density at radius 3 is 2.59 bits per heavy atom. The predicted molar refractivity (Wildman–Crippen MR) is 113 cm³/mol. The van der Waals surface area contributed by atoms with Gasteiger partial charge in [-0.25, -0.2) is 0 Å². The highest BCUT2D eigenvalue weighted by Gasteiger charge is 2.15. The lowest BCUT2D eigenvalue weighted by atomic mass is 10.1. The van der Waals surface area contributed by atoms with Gasteiger partial charge >= 0.3 is 0 Å². The first kappa shape index (κ1) is 18.9. The Kier molecular flexibility index (Phi) is 5.40. The summed E-state index contributed by atoms with van der Waals surface area (Å²) in [5, 5.41) is 18.2. The number of aromatic nitrogens is 2. The molecule has 6 heteroatoms. The van der Waals surface area contributed by atoms with Crippen molar-refractivity contribution in [3.63, 3.8) is 0 Å². The van der Waals surface area contributed by atoms with Crippen LogP contribution in [0.15, 0.2) is 72.9 Å². The van der Waals surface area contributed by atoms with Crippen LogP contribution in [0, 0.1) is 6.92 Å². The molecule has 0 bridgehead atoms. The number of ether oxygens (including phenoxy) is 2. The summed E-state index contributed by atoms with van der Waals surface area (Å²) in [5.74, 6) is 1.86. The summed E-state index contributed by atoms with van der Waals surface area (Å²) in [6.07, 6.45) is 1.59. The summed E-state index contributed by atoms with van der Waals surface area (Å²) in [6.45, 7) is 2.37. The Morgan fingerprint density at radius 2 is 1.83 bits per heavy atom. The van der Waals surface area contributed by atoms with E-state index >= 15 is 0 Å². The molecule has 0 aliphatic carbocycles. The second-order valence-electron chi connectivity index (χ2n) is 6.62. The zero-order chi connectivity index (χ0) is 20.2. The fourth-order valence-electron chi connectivity index (χ4n) is 2.91. The van der Waals surface area contributed by atoms with Crippen LogP contribution >= 0.6 is 11.6 Å². The number of aromatic hydroxyl groups is 1. The van der Waals surface area contributed by atoms with Gasteiger partial charge in [-0.3, -0.25) is 5.10 Å². The maximum atomic E-state index is 10.5. The summed E-state index contributed by atoms with van der Waals surface area (Å²) >= 11 is 5.90. The Labute approximate surface area is 173 Å². The smallest absolute Gasteiger partial charge is 0.173 e. The second kappa shape index (κ2) is 8.29. The molecule has 0 amide bonds. The fraction of sp³-hybridized carbons (Fsp3) is 0.0870. The van der Waals surface area contributed by atoms with E-state index in [0.29, 0.717) is 40.1 Å². The summed E-state index contributed by atoms with van der Waals surface area (Å²) in [5.41, 5.74) is 3.25. The summed E-state index contributed by atoms with van der Waals surface area (Å²) in [4.78, 5) is 0. The lowest BCUT2D eigenvalue weighted by molar-refractivity contribution is 0.304. The molecule has 4 aromatic rings. The van der Waals surface area contributed by atoms with E-state index in [9.17, 15) is 5.11 Å². The number of hydrogen-bond donors (Lipinski definition) is 2. The average molecular weight is 407 g/mol. The van der Waals surface area contributed by atoms with Crippen LogP contribution in [-0.4, -0.2) is 15.3 Å². The summed E-state index contributed by atoms with van der Waals surface area (Å²) < 4.78 is 11.7. The highest BCUT2D eigenvalue weighted by molar-refractivity contribution is 6.30. The number of rotatable bonds is 6. The van der Waals surface area contributed by atoms with Crippen LogP contribution in [0.4, 0.5) is 0 Å². The van der Waals surface area contributed by atoms with E-state index in [1.54, 1.807) is 24.4 Å². The first-order chi connectivity index (χ1) is 14.1. The molecule has 1 aromatic heterocycles.